The monoisotopic (exact) mass is 396 g/mol. The molecule has 1 aromatic heterocycles. The minimum atomic E-state index is -5.33. The van der Waals surface area contributed by atoms with Crippen molar-refractivity contribution in [3.8, 4) is 0 Å². The van der Waals surface area contributed by atoms with E-state index in [-0.39, 0.29) is 5.56 Å². The molecular formula is C17H12F4N4O3. The summed E-state index contributed by atoms with van der Waals surface area (Å²) in [5, 5.41) is 3.06. The summed E-state index contributed by atoms with van der Waals surface area (Å²) in [6.07, 6.45) is -2.64. The molecule has 0 radical (unpaired) electrons. The van der Waals surface area contributed by atoms with E-state index in [2.05, 4.69) is 4.98 Å². The van der Waals surface area contributed by atoms with Crippen molar-refractivity contribution >= 4 is 17.8 Å². The lowest BCUT2D eigenvalue weighted by Gasteiger charge is -2.29. The highest BCUT2D eigenvalue weighted by atomic mass is 19.4. The van der Waals surface area contributed by atoms with Crippen molar-refractivity contribution in [3.05, 3.63) is 65.7 Å². The summed E-state index contributed by atoms with van der Waals surface area (Å²) in [4.78, 5) is 40.9. The quantitative estimate of drug-likeness (QED) is 0.611. The van der Waals surface area contributed by atoms with Gasteiger partial charge >= 0.3 is 12.2 Å². The third kappa shape index (κ3) is 3.38. The van der Waals surface area contributed by atoms with E-state index in [1.807, 2.05) is 0 Å². The number of pyridine rings is 1. The van der Waals surface area contributed by atoms with Crippen molar-refractivity contribution in [1.29, 1.82) is 0 Å². The lowest BCUT2D eigenvalue weighted by molar-refractivity contribution is -0.200. The maximum Gasteiger partial charge on any atom is 0.440 e. The first-order chi connectivity index (χ1) is 13.1. The summed E-state index contributed by atoms with van der Waals surface area (Å²) in [6.45, 7) is -0.469. The first-order valence-corrected chi connectivity index (χ1v) is 7.82. The highest BCUT2D eigenvalue weighted by Crippen LogP contribution is 2.34. The van der Waals surface area contributed by atoms with Crippen LogP contribution in [0.25, 0.3) is 0 Å². The van der Waals surface area contributed by atoms with E-state index in [1.54, 1.807) is 0 Å². The van der Waals surface area contributed by atoms with Gasteiger partial charge in [0.2, 0.25) is 0 Å². The van der Waals surface area contributed by atoms with Crippen LogP contribution in [0.15, 0.2) is 48.8 Å². The molecule has 4 amide bonds. The maximum absolute atomic E-state index is 13.7. The lowest BCUT2D eigenvalue weighted by Crippen LogP contribution is -2.69. The van der Waals surface area contributed by atoms with E-state index in [4.69, 9.17) is 0 Å². The predicted octanol–water partition coefficient (Wildman–Crippen LogP) is 1.96. The number of benzene rings is 1. The Morgan fingerprint density at radius 3 is 2.43 bits per heavy atom. The summed E-state index contributed by atoms with van der Waals surface area (Å²) in [5.41, 5.74) is -3.65. The fraction of sp³-hybridized carbons (Fsp3) is 0.176. The molecule has 2 aromatic rings. The van der Waals surface area contributed by atoms with Crippen LogP contribution in [0.4, 0.5) is 22.4 Å². The molecule has 2 N–H and O–H groups in total. The van der Waals surface area contributed by atoms with Crippen molar-refractivity contribution < 1.29 is 31.9 Å². The van der Waals surface area contributed by atoms with E-state index >= 15 is 0 Å². The molecule has 1 saturated heterocycles. The fourth-order valence-corrected chi connectivity index (χ4v) is 2.59. The number of alkyl halides is 3. The van der Waals surface area contributed by atoms with Crippen molar-refractivity contribution in [2.75, 3.05) is 0 Å². The number of hydrogen-bond acceptors (Lipinski definition) is 4. The Morgan fingerprint density at radius 2 is 1.86 bits per heavy atom. The van der Waals surface area contributed by atoms with Crippen LogP contribution in [0, 0.1) is 5.82 Å². The number of carbonyl (C=O) groups is 3. The Labute approximate surface area is 155 Å². The van der Waals surface area contributed by atoms with E-state index in [9.17, 15) is 31.9 Å². The van der Waals surface area contributed by atoms with E-state index < -0.39 is 42.0 Å². The zero-order valence-electron chi connectivity index (χ0n) is 14.0. The van der Waals surface area contributed by atoms with Gasteiger partial charge in [0.05, 0.1) is 6.54 Å². The van der Waals surface area contributed by atoms with Crippen LogP contribution in [-0.2, 0) is 11.3 Å². The van der Waals surface area contributed by atoms with Gasteiger partial charge in [0.15, 0.2) is 0 Å². The van der Waals surface area contributed by atoms with Crippen LogP contribution >= 0.6 is 0 Å². The average molecular weight is 396 g/mol. The molecule has 146 valence electrons. The van der Waals surface area contributed by atoms with Crippen LogP contribution in [0.5, 0.6) is 0 Å². The molecule has 0 saturated carbocycles. The van der Waals surface area contributed by atoms with Crippen molar-refractivity contribution in [2.24, 2.45) is 0 Å². The smallest absolute Gasteiger partial charge is 0.314 e. The molecule has 1 fully saturated rings. The van der Waals surface area contributed by atoms with Gasteiger partial charge in [0.1, 0.15) is 5.82 Å². The minimum absolute atomic E-state index is 0.314. The second-order valence-electron chi connectivity index (χ2n) is 5.89. The fourth-order valence-electron chi connectivity index (χ4n) is 2.59. The second kappa shape index (κ2) is 6.91. The van der Waals surface area contributed by atoms with Gasteiger partial charge in [0.25, 0.3) is 17.5 Å². The minimum Gasteiger partial charge on any atom is -0.314 e. The number of urea groups is 1. The zero-order chi connectivity index (χ0) is 20.5. The third-order valence-corrected chi connectivity index (χ3v) is 4.00. The largest absolute Gasteiger partial charge is 0.440 e. The van der Waals surface area contributed by atoms with Crippen LogP contribution in [0.2, 0.25) is 0 Å². The van der Waals surface area contributed by atoms with Gasteiger partial charge in [-0.15, -0.1) is 0 Å². The number of aromatic nitrogens is 1. The van der Waals surface area contributed by atoms with Crippen molar-refractivity contribution in [1.82, 2.24) is 20.5 Å². The summed E-state index contributed by atoms with van der Waals surface area (Å²) >= 11 is 0. The number of imide groups is 1. The van der Waals surface area contributed by atoms with E-state index in [0.29, 0.717) is 10.5 Å². The number of amides is 4. The molecule has 2 heterocycles. The number of nitrogens with zero attached hydrogens (tertiary/aromatic N) is 2. The average Bonchev–Trinajstić information content (AvgIpc) is 2.88. The SMILES string of the molecule is O=C(N[C@@]1(C(F)(F)F)NC(=O)N(Cc2cccnc2)C1=O)c1ccc(F)cc1. The topological polar surface area (TPSA) is 91.4 Å². The normalized spacial score (nSPS) is 19.5. The third-order valence-electron chi connectivity index (χ3n) is 4.00. The highest BCUT2D eigenvalue weighted by Gasteiger charge is 2.68. The molecule has 7 nitrogen and oxygen atoms in total. The van der Waals surface area contributed by atoms with Crippen LogP contribution in [0.1, 0.15) is 15.9 Å². The Kier molecular flexibility index (Phi) is 4.75. The molecular weight excluding hydrogens is 384 g/mol. The van der Waals surface area contributed by atoms with Gasteiger partial charge in [0, 0.05) is 18.0 Å². The molecule has 0 bridgehead atoms. The van der Waals surface area contributed by atoms with Gasteiger partial charge in [-0.05, 0) is 35.9 Å². The van der Waals surface area contributed by atoms with Gasteiger partial charge in [-0.25, -0.2) is 9.18 Å². The number of rotatable bonds is 4. The van der Waals surface area contributed by atoms with Crippen molar-refractivity contribution in [3.63, 3.8) is 0 Å². The standard InChI is InChI=1S/C17H12F4N4O3/c18-12-5-3-11(4-6-12)13(26)23-16(17(19,20)21)14(27)25(15(28)24-16)9-10-2-1-7-22-8-10/h1-8H,9H2,(H,23,26)(H,24,28)/t16-/m1/s1. The van der Waals surface area contributed by atoms with E-state index in [0.717, 1.165) is 24.3 Å². The summed E-state index contributed by atoms with van der Waals surface area (Å²) < 4.78 is 54.2. The first kappa shape index (κ1) is 19.3. The van der Waals surface area contributed by atoms with Gasteiger partial charge in [-0.3, -0.25) is 24.8 Å². The molecule has 0 unspecified atom stereocenters. The molecule has 1 atom stereocenters. The van der Waals surface area contributed by atoms with E-state index in [1.165, 1.54) is 35.2 Å². The Morgan fingerprint density at radius 1 is 1.18 bits per heavy atom. The molecule has 0 aliphatic carbocycles. The van der Waals surface area contributed by atoms with Gasteiger partial charge < -0.3 is 5.32 Å². The number of halogens is 4. The van der Waals surface area contributed by atoms with Gasteiger partial charge in [-0.1, -0.05) is 6.07 Å². The Balaban J connectivity index is 1.91. The van der Waals surface area contributed by atoms with Crippen LogP contribution in [0.3, 0.4) is 0 Å². The summed E-state index contributed by atoms with van der Waals surface area (Å²) in [6, 6.07) is 5.27. The number of nitrogens with one attached hydrogen (secondary N) is 2. The summed E-state index contributed by atoms with van der Waals surface area (Å²) in [5.74, 6) is -3.70. The second-order valence-corrected chi connectivity index (χ2v) is 5.89. The molecule has 1 aromatic carbocycles. The van der Waals surface area contributed by atoms with Crippen LogP contribution in [-0.4, -0.2) is 39.6 Å². The first-order valence-electron chi connectivity index (χ1n) is 7.82. The summed E-state index contributed by atoms with van der Waals surface area (Å²) in [7, 11) is 0. The zero-order valence-corrected chi connectivity index (χ0v) is 14.0. The number of hydrogen-bond donors (Lipinski definition) is 2. The highest BCUT2D eigenvalue weighted by molar-refractivity contribution is 6.10. The van der Waals surface area contributed by atoms with Crippen LogP contribution < -0.4 is 10.6 Å². The molecule has 1 aliphatic heterocycles. The Hall–Kier alpha value is -3.50. The number of carbonyl (C=O) groups excluding carboxylic acids is 3. The maximum atomic E-state index is 13.7. The lowest BCUT2D eigenvalue weighted by atomic mass is 10.1. The predicted molar refractivity (Wildman–Crippen MR) is 86.0 cm³/mol. The molecule has 11 heteroatoms. The van der Waals surface area contributed by atoms with Gasteiger partial charge in [-0.2, -0.15) is 13.2 Å². The molecule has 0 spiro atoms. The molecule has 1 aliphatic rings. The Bertz CT molecular complexity index is 918. The molecule has 28 heavy (non-hydrogen) atoms. The molecule has 3 rings (SSSR count). The van der Waals surface area contributed by atoms with Crippen molar-refractivity contribution in [2.45, 2.75) is 18.4 Å².